The number of hydrogen-bond acceptors (Lipinski definition) is 7. The summed E-state index contributed by atoms with van der Waals surface area (Å²) in [5.41, 5.74) is 1.27. The summed E-state index contributed by atoms with van der Waals surface area (Å²) in [6.45, 7) is 3.83. The van der Waals surface area contributed by atoms with Crippen molar-refractivity contribution in [1.29, 1.82) is 0 Å². The van der Waals surface area contributed by atoms with E-state index in [-0.39, 0.29) is 17.3 Å². The van der Waals surface area contributed by atoms with Crippen molar-refractivity contribution in [2.75, 3.05) is 18.0 Å². The molecule has 4 rings (SSSR count). The quantitative estimate of drug-likeness (QED) is 0.333. The monoisotopic (exact) mass is 489 g/mol. The van der Waals surface area contributed by atoms with Gasteiger partial charge in [0.05, 0.1) is 17.7 Å². The molecular weight excluding hydrogens is 470 g/mol. The summed E-state index contributed by atoms with van der Waals surface area (Å²) in [5.74, 6) is 1.29. The molecule has 0 bridgehead atoms. The number of anilines is 1. The van der Waals surface area contributed by atoms with Crippen molar-refractivity contribution in [3.8, 4) is 27.9 Å². The summed E-state index contributed by atoms with van der Waals surface area (Å²) in [4.78, 5) is 5.84. The van der Waals surface area contributed by atoms with Crippen molar-refractivity contribution in [1.82, 2.24) is 10.1 Å². The van der Waals surface area contributed by atoms with Gasteiger partial charge in [-0.1, -0.05) is 28.9 Å². The Morgan fingerprint density at radius 1 is 1.16 bits per heavy atom. The van der Waals surface area contributed by atoms with E-state index >= 15 is 0 Å². The van der Waals surface area contributed by atoms with Gasteiger partial charge in [-0.25, -0.2) is 8.42 Å². The highest BCUT2D eigenvalue weighted by Crippen LogP contribution is 2.36. The molecule has 2 aromatic heterocycles. The molecule has 0 radical (unpaired) electrons. The second-order valence-electron chi connectivity index (χ2n) is 6.83. The summed E-state index contributed by atoms with van der Waals surface area (Å²) in [6, 6.07) is 15.6. The van der Waals surface area contributed by atoms with E-state index in [9.17, 15) is 8.42 Å². The number of sulfonamides is 1. The van der Waals surface area contributed by atoms with E-state index in [0.717, 1.165) is 0 Å². The highest BCUT2D eigenvalue weighted by atomic mass is 35.5. The Morgan fingerprint density at radius 2 is 1.91 bits per heavy atom. The van der Waals surface area contributed by atoms with Gasteiger partial charge in [0, 0.05) is 22.0 Å². The molecule has 0 unspecified atom stereocenters. The molecule has 10 heteroatoms. The lowest BCUT2D eigenvalue weighted by molar-refractivity contribution is 0.415. The van der Waals surface area contributed by atoms with Gasteiger partial charge in [-0.05, 0) is 56.3 Å². The predicted molar refractivity (Wildman–Crippen MR) is 126 cm³/mol. The number of rotatable bonds is 7. The Hall–Kier alpha value is -2.88. The highest BCUT2D eigenvalue weighted by Gasteiger charge is 2.28. The SMILES string of the molecule is CCN(c1ccc(OC)cc1)S(=O)(=O)c1cc(-c2nc(-c3cccc(Cl)c3)no2)sc1C. The number of nitrogens with zero attached hydrogens (tertiary/aromatic N) is 3. The zero-order chi connectivity index (χ0) is 22.9. The minimum Gasteiger partial charge on any atom is -0.497 e. The van der Waals surface area contributed by atoms with Crippen molar-refractivity contribution < 1.29 is 17.7 Å². The Bertz CT molecular complexity index is 1350. The number of hydrogen-bond donors (Lipinski definition) is 0. The third kappa shape index (κ3) is 4.23. The third-order valence-corrected chi connectivity index (χ3v) is 8.24. The lowest BCUT2D eigenvalue weighted by Crippen LogP contribution is -2.30. The van der Waals surface area contributed by atoms with Gasteiger partial charge < -0.3 is 9.26 Å². The number of aryl methyl sites for hydroxylation is 1. The minimum atomic E-state index is -3.80. The first-order valence-electron chi connectivity index (χ1n) is 9.70. The van der Waals surface area contributed by atoms with Crippen LogP contribution in [0.15, 0.2) is 64.0 Å². The third-order valence-electron chi connectivity index (χ3n) is 4.81. The van der Waals surface area contributed by atoms with Crippen LogP contribution in [0.2, 0.25) is 5.02 Å². The molecule has 32 heavy (non-hydrogen) atoms. The number of halogens is 1. The molecule has 166 valence electrons. The number of methoxy groups -OCH3 is 1. The summed E-state index contributed by atoms with van der Waals surface area (Å²) in [6.07, 6.45) is 0. The molecule has 2 aromatic carbocycles. The fraction of sp³-hybridized carbons (Fsp3) is 0.182. The standard InChI is InChI=1S/C22H20ClN3O4S2/c1-4-26(17-8-10-18(29-3)11-9-17)32(27,28)20-13-19(31-14(20)2)22-24-21(25-30-22)15-6-5-7-16(23)12-15/h5-13H,4H2,1-3H3. The molecule has 0 aliphatic rings. The van der Waals surface area contributed by atoms with Gasteiger partial charge in [0.15, 0.2) is 0 Å². The Balaban J connectivity index is 1.68. The summed E-state index contributed by atoms with van der Waals surface area (Å²) < 4.78 is 38.9. The second kappa shape index (κ2) is 8.93. The van der Waals surface area contributed by atoms with Crippen LogP contribution in [0.1, 0.15) is 11.8 Å². The van der Waals surface area contributed by atoms with Crippen LogP contribution < -0.4 is 9.04 Å². The molecule has 0 saturated carbocycles. The predicted octanol–water partition coefficient (Wildman–Crippen LogP) is 5.65. The van der Waals surface area contributed by atoms with E-state index in [1.807, 2.05) is 6.07 Å². The van der Waals surface area contributed by atoms with Crippen molar-refractivity contribution in [3.05, 3.63) is 64.5 Å². The van der Waals surface area contributed by atoms with Crippen LogP contribution >= 0.6 is 22.9 Å². The maximum Gasteiger partial charge on any atom is 0.268 e. The van der Waals surface area contributed by atoms with Crippen LogP contribution in [0, 0.1) is 6.92 Å². The number of aromatic nitrogens is 2. The lowest BCUT2D eigenvalue weighted by atomic mass is 10.2. The molecule has 0 aliphatic heterocycles. The van der Waals surface area contributed by atoms with Crippen LogP contribution in [-0.4, -0.2) is 32.2 Å². The summed E-state index contributed by atoms with van der Waals surface area (Å²) >= 11 is 7.33. The smallest absolute Gasteiger partial charge is 0.268 e. The van der Waals surface area contributed by atoms with Gasteiger partial charge >= 0.3 is 0 Å². The van der Waals surface area contributed by atoms with Gasteiger partial charge in [-0.15, -0.1) is 11.3 Å². The summed E-state index contributed by atoms with van der Waals surface area (Å²) in [7, 11) is -2.23. The van der Waals surface area contributed by atoms with Gasteiger partial charge in [0.1, 0.15) is 10.6 Å². The zero-order valence-corrected chi connectivity index (χ0v) is 20.0. The summed E-state index contributed by atoms with van der Waals surface area (Å²) in [5, 5.41) is 4.57. The first-order chi connectivity index (χ1) is 15.3. The Kier molecular flexibility index (Phi) is 6.23. The normalized spacial score (nSPS) is 11.5. The van der Waals surface area contributed by atoms with Crippen LogP contribution in [-0.2, 0) is 10.0 Å². The van der Waals surface area contributed by atoms with Gasteiger partial charge in [-0.3, -0.25) is 4.31 Å². The van der Waals surface area contributed by atoms with E-state index in [4.69, 9.17) is 20.9 Å². The first-order valence-corrected chi connectivity index (χ1v) is 12.3. The van der Waals surface area contributed by atoms with Crippen LogP contribution in [0.25, 0.3) is 22.2 Å². The fourth-order valence-corrected chi connectivity index (χ4v) is 6.40. The molecule has 2 heterocycles. The van der Waals surface area contributed by atoms with E-state index in [2.05, 4.69) is 10.1 Å². The topological polar surface area (TPSA) is 85.5 Å². The van der Waals surface area contributed by atoms with Crippen molar-refractivity contribution in [2.24, 2.45) is 0 Å². The van der Waals surface area contributed by atoms with Gasteiger partial charge in [0.2, 0.25) is 5.82 Å². The van der Waals surface area contributed by atoms with E-state index in [0.29, 0.717) is 37.6 Å². The van der Waals surface area contributed by atoms with Crippen LogP contribution in [0.5, 0.6) is 5.75 Å². The number of thiophene rings is 1. The highest BCUT2D eigenvalue weighted by molar-refractivity contribution is 7.93. The molecule has 7 nitrogen and oxygen atoms in total. The molecule has 0 saturated heterocycles. The largest absolute Gasteiger partial charge is 0.497 e. The van der Waals surface area contributed by atoms with Crippen molar-refractivity contribution >= 4 is 38.6 Å². The Morgan fingerprint density at radius 3 is 2.56 bits per heavy atom. The molecule has 0 amide bonds. The first kappa shape index (κ1) is 22.3. The lowest BCUT2D eigenvalue weighted by Gasteiger charge is -2.23. The van der Waals surface area contributed by atoms with E-state index in [1.54, 1.807) is 69.5 Å². The maximum absolute atomic E-state index is 13.5. The molecule has 0 atom stereocenters. The van der Waals surface area contributed by atoms with Crippen molar-refractivity contribution in [2.45, 2.75) is 18.7 Å². The fourth-order valence-electron chi connectivity index (χ4n) is 3.25. The molecule has 4 aromatic rings. The zero-order valence-electron chi connectivity index (χ0n) is 17.6. The minimum absolute atomic E-state index is 0.206. The molecule has 0 fully saturated rings. The Labute approximate surface area is 195 Å². The van der Waals surface area contributed by atoms with Gasteiger partial charge in [-0.2, -0.15) is 4.98 Å². The van der Waals surface area contributed by atoms with Crippen LogP contribution in [0.3, 0.4) is 0 Å². The average Bonchev–Trinajstić information content (AvgIpc) is 3.42. The molecule has 0 N–H and O–H groups in total. The van der Waals surface area contributed by atoms with Crippen molar-refractivity contribution in [3.63, 3.8) is 0 Å². The molecular formula is C22H20ClN3O4S2. The van der Waals surface area contributed by atoms with E-state index < -0.39 is 10.0 Å². The number of ether oxygens (including phenoxy) is 1. The average molecular weight is 490 g/mol. The van der Waals surface area contributed by atoms with Crippen LogP contribution in [0.4, 0.5) is 5.69 Å². The second-order valence-corrected chi connectivity index (χ2v) is 10.4. The molecule has 0 aliphatic carbocycles. The van der Waals surface area contributed by atoms with Gasteiger partial charge in [0.25, 0.3) is 15.9 Å². The number of benzene rings is 2. The van der Waals surface area contributed by atoms with E-state index in [1.165, 1.54) is 15.6 Å². The maximum atomic E-state index is 13.5. The molecule has 0 spiro atoms.